The third-order valence-corrected chi connectivity index (χ3v) is 6.74. The number of hydrogen-bond acceptors (Lipinski definition) is 6. The lowest BCUT2D eigenvalue weighted by molar-refractivity contribution is 0.00439. The lowest BCUT2D eigenvalue weighted by Crippen LogP contribution is -2.20. The van der Waals surface area contributed by atoms with Crippen molar-refractivity contribution in [1.29, 1.82) is 0 Å². The summed E-state index contributed by atoms with van der Waals surface area (Å²) < 4.78 is 22.1. The largest absolute Gasteiger partial charge is 0.494 e. The molecule has 0 aromatic heterocycles. The summed E-state index contributed by atoms with van der Waals surface area (Å²) in [6, 6.07) is 21.5. The summed E-state index contributed by atoms with van der Waals surface area (Å²) >= 11 is 0. The number of esters is 2. The van der Waals surface area contributed by atoms with Crippen LogP contribution in [-0.4, -0.2) is 37.9 Å². The van der Waals surface area contributed by atoms with Crippen LogP contribution in [0.2, 0.25) is 0 Å². The molecule has 0 bridgehead atoms. The molecule has 6 nitrogen and oxygen atoms in total. The van der Waals surface area contributed by atoms with E-state index in [0.717, 1.165) is 23.3 Å². The van der Waals surface area contributed by atoms with E-state index in [1.807, 2.05) is 43.3 Å². The zero-order valence-corrected chi connectivity index (χ0v) is 24.7. The van der Waals surface area contributed by atoms with Gasteiger partial charge in [-0.3, -0.25) is 0 Å². The van der Waals surface area contributed by atoms with Gasteiger partial charge < -0.3 is 18.9 Å². The topological polar surface area (TPSA) is 71.1 Å². The Labute approximate surface area is 245 Å². The van der Waals surface area contributed by atoms with Crippen LogP contribution >= 0.6 is 0 Å². The molecule has 1 atom stereocenters. The maximum atomic E-state index is 12.6. The number of carbonyl (C=O) groups excluding carboxylic acids is 2. The Balaban J connectivity index is 1.42. The molecule has 6 heteroatoms. The molecule has 41 heavy (non-hydrogen) atoms. The molecule has 220 valence electrons. The Bertz CT molecular complexity index is 1170. The first-order valence-corrected chi connectivity index (χ1v) is 14.9. The monoisotopic (exact) mass is 560 g/mol. The van der Waals surface area contributed by atoms with E-state index in [1.54, 1.807) is 43.3 Å². The van der Waals surface area contributed by atoms with E-state index >= 15 is 0 Å². The highest BCUT2D eigenvalue weighted by molar-refractivity contribution is 5.91. The van der Waals surface area contributed by atoms with Crippen LogP contribution in [0.3, 0.4) is 0 Å². The molecule has 0 saturated heterocycles. The van der Waals surface area contributed by atoms with Crippen LogP contribution in [0.4, 0.5) is 0 Å². The van der Waals surface area contributed by atoms with Gasteiger partial charge in [-0.05, 0) is 79.9 Å². The fourth-order valence-electron chi connectivity index (χ4n) is 4.36. The molecule has 0 fully saturated rings. The SMILES string of the molecule is CCCCCCCCCCOc1ccc(C(=O)Oc2ccc(-c3ccc(C(=O)OC(C)COCC)cc3)cc2)cc1. The van der Waals surface area contributed by atoms with Crippen molar-refractivity contribution in [3.63, 3.8) is 0 Å². The quantitative estimate of drug-likeness (QED) is 0.0880. The van der Waals surface area contributed by atoms with Crippen LogP contribution in [0.5, 0.6) is 11.5 Å². The molecule has 0 radical (unpaired) electrons. The van der Waals surface area contributed by atoms with E-state index in [2.05, 4.69) is 6.92 Å². The predicted molar refractivity (Wildman–Crippen MR) is 163 cm³/mol. The lowest BCUT2D eigenvalue weighted by Gasteiger charge is -2.13. The number of ether oxygens (including phenoxy) is 4. The minimum atomic E-state index is -0.422. The standard InChI is InChI=1S/C35H44O6/c1-4-6-7-8-9-10-11-12-25-39-32-21-19-31(20-22-32)35(37)41-33-23-17-29(18-24-33)28-13-15-30(16-14-28)34(36)40-27(3)26-38-5-2/h13-24,27H,4-12,25-26H2,1-3H3. The van der Waals surface area contributed by atoms with Gasteiger partial charge >= 0.3 is 11.9 Å². The molecule has 3 aromatic carbocycles. The van der Waals surface area contributed by atoms with Crippen molar-refractivity contribution < 1.29 is 28.5 Å². The first kappa shape index (κ1) is 31.9. The average molecular weight is 561 g/mol. The smallest absolute Gasteiger partial charge is 0.343 e. The van der Waals surface area contributed by atoms with Crippen LogP contribution in [-0.2, 0) is 9.47 Å². The van der Waals surface area contributed by atoms with Gasteiger partial charge in [0.1, 0.15) is 17.6 Å². The molecule has 0 aliphatic carbocycles. The van der Waals surface area contributed by atoms with Crippen molar-refractivity contribution in [2.45, 2.75) is 78.2 Å². The Kier molecular flexibility index (Phi) is 13.9. The van der Waals surface area contributed by atoms with Gasteiger partial charge in [-0.1, -0.05) is 76.1 Å². The molecule has 3 rings (SSSR count). The summed E-state index contributed by atoms with van der Waals surface area (Å²) in [5.41, 5.74) is 2.82. The normalized spacial score (nSPS) is 11.6. The summed E-state index contributed by atoms with van der Waals surface area (Å²) in [6.45, 7) is 7.58. The van der Waals surface area contributed by atoms with Gasteiger partial charge in [0.15, 0.2) is 0 Å². The molecule has 3 aromatic rings. The second kappa shape index (κ2) is 17.9. The highest BCUT2D eigenvalue weighted by Crippen LogP contribution is 2.24. The van der Waals surface area contributed by atoms with Crippen molar-refractivity contribution in [2.24, 2.45) is 0 Å². The van der Waals surface area contributed by atoms with E-state index in [1.165, 1.54) is 44.9 Å². The van der Waals surface area contributed by atoms with Crippen molar-refractivity contribution in [3.8, 4) is 22.6 Å². The maximum Gasteiger partial charge on any atom is 0.343 e. The second-order valence-corrected chi connectivity index (χ2v) is 10.2. The first-order valence-electron chi connectivity index (χ1n) is 14.9. The molecule has 1 unspecified atom stereocenters. The molecule has 0 spiro atoms. The molecule has 0 N–H and O–H groups in total. The molecule has 0 heterocycles. The van der Waals surface area contributed by atoms with Gasteiger partial charge in [-0.25, -0.2) is 9.59 Å². The molecule has 0 saturated carbocycles. The molecule has 0 aliphatic rings. The summed E-state index contributed by atoms with van der Waals surface area (Å²) in [5, 5.41) is 0. The third kappa shape index (κ3) is 11.4. The fraction of sp³-hybridized carbons (Fsp3) is 0.429. The first-order chi connectivity index (χ1) is 20.0. The Morgan fingerprint density at radius 3 is 1.76 bits per heavy atom. The highest BCUT2D eigenvalue weighted by atomic mass is 16.6. The van der Waals surface area contributed by atoms with Gasteiger partial charge in [0.25, 0.3) is 0 Å². The Hall–Kier alpha value is -3.64. The van der Waals surface area contributed by atoms with Crippen LogP contribution < -0.4 is 9.47 Å². The van der Waals surface area contributed by atoms with Gasteiger partial charge in [0.2, 0.25) is 0 Å². The van der Waals surface area contributed by atoms with Crippen LogP contribution in [0, 0.1) is 0 Å². The number of benzene rings is 3. The number of rotatable bonds is 18. The molecule has 0 aliphatic heterocycles. The van der Waals surface area contributed by atoms with Crippen molar-refractivity contribution in [3.05, 3.63) is 83.9 Å². The van der Waals surface area contributed by atoms with Gasteiger partial charge in [0, 0.05) is 6.61 Å². The van der Waals surface area contributed by atoms with Gasteiger partial charge in [-0.2, -0.15) is 0 Å². The minimum Gasteiger partial charge on any atom is -0.494 e. The van der Waals surface area contributed by atoms with Crippen molar-refractivity contribution in [1.82, 2.24) is 0 Å². The molecular weight excluding hydrogens is 516 g/mol. The zero-order valence-electron chi connectivity index (χ0n) is 24.7. The van der Waals surface area contributed by atoms with Crippen molar-refractivity contribution in [2.75, 3.05) is 19.8 Å². The zero-order chi connectivity index (χ0) is 29.3. The minimum absolute atomic E-state index is 0.312. The third-order valence-electron chi connectivity index (χ3n) is 6.74. The molecular formula is C35H44O6. The Morgan fingerprint density at radius 1 is 0.634 bits per heavy atom. The van der Waals surface area contributed by atoms with E-state index < -0.39 is 5.97 Å². The van der Waals surface area contributed by atoms with E-state index in [0.29, 0.717) is 36.7 Å². The number of unbranched alkanes of at least 4 members (excludes halogenated alkanes) is 7. The van der Waals surface area contributed by atoms with Crippen LogP contribution in [0.15, 0.2) is 72.8 Å². The van der Waals surface area contributed by atoms with Crippen LogP contribution in [0.1, 0.15) is 92.9 Å². The summed E-state index contributed by atoms with van der Waals surface area (Å²) in [7, 11) is 0. The number of carbonyl (C=O) groups is 2. The van der Waals surface area contributed by atoms with E-state index in [9.17, 15) is 9.59 Å². The van der Waals surface area contributed by atoms with E-state index in [-0.39, 0.29) is 12.1 Å². The van der Waals surface area contributed by atoms with Crippen LogP contribution in [0.25, 0.3) is 11.1 Å². The predicted octanol–water partition coefficient (Wildman–Crippen LogP) is 8.67. The van der Waals surface area contributed by atoms with Gasteiger partial charge in [0.05, 0.1) is 24.3 Å². The second-order valence-electron chi connectivity index (χ2n) is 10.2. The van der Waals surface area contributed by atoms with Gasteiger partial charge in [-0.15, -0.1) is 0 Å². The van der Waals surface area contributed by atoms with Crippen molar-refractivity contribution >= 4 is 11.9 Å². The highest BCUT2D eigenvalue weighted by Gasteiger charge is 2.13. The maximum absolute atomic E-state index is 12.6. The fourth-order valence-corrected chi connectivity index (χ4v) is 4.36. The summed E-state index contributed by atoms with van der Waals surface area (Å²) in [5.74, 6) is 0.410. The molecule has 0 amide bonds. The average Bonchev–Trinajstić information content (AvgIpc) is 3.00. The Morgan fingerprint density at radius 2 is 1.15 bits per heavy atom. The summed E-state index contributed by atoms with van der Waals surface area (Å²) in [6.07, 6.45) is 9.78. The number of hydrogen-bond donors (Lipinski definition) is 0. The summed E-state index contributed by atoms with van der Waals surface area (Å²) in [4.78, 5) is 25.0. The lowest BCUT2D eigenvalue weighted by atomic mass is 10.0. The van der Waals surface area contributed by atoms with E-state index in [4.69, 9.17) is 18.9 Å².